The van der Waals surface area contributed by atoms with Crippen molar-refractivity contribution in [1.29, 1.82) is 0 Å². The summed E-state index contributed by atoms with van der Waals surface area (Å²) in [6.07, 6.45) is 4.22. The minimum Gasteiger partial charge on any atom is -0.455 e. The number of benzene rings is 1. The Hall–Kier alpha value is -3.06. The van der Waals surface area contributed by atoms with E-state index in [1.54, 1.807) is 30.0 Å². The molecule has 4 aliphatic heterocycles. The molecule has 0 aromatic heterocycles. The molecule has 0 unspecified atom stereocenters. The quantitative estimate of drug-likeness (QED) is 0.357. The molecule has 4 heterocycles. The van der Waals surface area contributed by atoms with Crippen LogP contribution in [-0.4, -0.2) is 101 Å². The van der Waals surface area contributed by atoms with Crippen molar-refractivity contribution in [2.45, 2.75) is 82.0 Å². The minimum absolute atomic E-state index is 0.0633. The summed E-state index contributed by atoms with van der Waals surface area (Å²) in [5.74, 6) is -3.93. The van der Waals surface area contributed by atoms with Crippen molar-refractivity contribution in [3.8, 4) is 0 Å². The number of halogens is 1. The normalized spacial score (nSPS) is 33.9. The van der Waals surface area contributed by atoms with Crippen LogP contribution >= 0.6 is 15.9 Å². The van der Waals surface area contributed by atoms with E-state index in [-0.39, 0.29) is 38.0 Å². The van der Waals surface area contributed by atoms with E-state index >= 15 is 0 Å². The van der Waals surface area contributed by atoms with E-state index in [9.17, 15) is 24.3 Å². The van der Waals surface area contributed by atoms with E-state index in [0.717, 1.165) is 0 Å². The zero-order valence-electron chi connectivity index (χ0n) is 26.3. The van der Waals surface area contributed by atoms with E-state index in [2.05, 4.69) is 21.2 Å². The van der Waals surface area contributed by atoms with Crippen LogP contribution < -0.4 is 5.32 Å². The minimum atomic E-state index is -1.46. The first-order valence-corrected chi connectivity index (χ1v) is 16.1. The SMILES string of the molecule is COC[C@@H]1NC(=O)CC/C=C\CN(C(C)(C)C)C(=O)[C@H]2N([C@H](C)CO)C(=O)[C@@H]3[C@@H](C(=O)O[C@H]1c1ccccc1)[C@@H]1O[C@@]32C=C1Br. The smallest absolute Gasteiger partial charge is 0.313 e. The fraction of sp³-hybridized carbons (Fsp3) is 0.576. The summed E-state index contributed by atoms with van der Waals surface area (Å²) in [4.78, 5) is 59.5. The average molecular weight is 689 g/mol. The molecule has 2 fully saturated rings. The molecule has 4 aliphatic rings. The van der Waals surface area contributed by atoms with Gasteiger partial charge in [0.2, 0.25) is 17.7 Å². The number of methoxy groups -OCH3 is 1. The van der Waals surface area contributed by atoms with Gasteiger partial charge in [0.05, 0.1) is 31.2 Å². The van der Waals surface area contributed by atoms with E-state index in [4.69, 9.17) is 14.2 Å². The topological polar surface area (TPSA) is 135 Å². The van der Waals surface area contributed by atoms with Crippen LogP contribution in [0.2, 0.25) is 0 Å². The monoisotopic (exact) mass is 687 g/mol. The van der Waals surface area contributed by atoms with Crippen molar-refractivity contribution in [3.05, 3.63) is 58.6 Å². The van der Waals surface area contributed by atoms with E-state index in [0.29, 0.717) is 16.5 Å². The number of carbonyl (C=O) groups excluding carboxylic acids is 4. The van der Waals surface area contributed by atoms with Gasteiger partial charge in [-0.25, -0.2) is 0 Å². The molecule has 3 amide bonds. The van der Waals surface area contributed by atoms with Crippen molar-refractivity contribution in [3.63, 3.8) is 0 Å². The Bertz CT molecular complexity index is 1380. The van der Waals surface area contributed by atoms with Gasteiger partial charge in [-0.3, -0.25) is 19.2 Å². The summed E-state index contributed by atoms with van der Waals surface area (Å²) < 4.78 is 18.8. The molecule has 11 nitrogen and oxygen atoms in total. The first kappa shape index (κ1) is 33.3. The summed E-state index contributed by atoms with van der Waals surface area (Å²) in [6.45, 7) is 7.28. The Balaban J connectivity index is 1.65. The number of aliphatic hydroxyl groups excluding tert-OH is 1. The fourth-order valence-electron chi connectivity index (χ4n) is 7.01. The average Bonchev–Trinajstić information content (AvgIpc) is 3.59. The number of carbonyl (C=O) groups is 4. The number of amides is 3. The number of ether oxygens (including phenoxy) is 3. The molecule has 2 N–H and O–H groups in total. The van der Waals surface area contributed by atoms with Gasteiger partial charge < -0.3 is 34.4 Å². The number of nitrogens with zero attached hydrogens (tertiary/aromatic N) is 2. The molecule has 1 aromatic carbocycles. The largest absolute Gasteiger partial charge is 0.455 e. The van der Waals surface area contributed by atoms with Crippen LogP contribution in [0.5, 0.6) is 0 Å². The lowest BCUT2D eigenvalue weighted by molar-refractivity contribution is -0.163. The van der Waals surface area contributed by atoms with E-state index in [1.165, 1.54) is 12.0 Å². The molecule has 0 radical (unpaired) electrons. The Labute approximate surface area is 272 Å². The van der Waals surface area contributed by atoms with Crippen molar-refractivity contribution < 1.29 is 38.5 Å². The second-order valence-corrected chi connectivity index (χ2v) is 14.0. The summed E-state index contributed by atoms with van der Waals surface area (Å²) in [6, 6.07) is 6.47. The number of allylic oxidation sites excluding steroid dienone is 1. The molecule has 45 heavy (non-hydrogen) atoms. The Morgan fingerprint density at radius 2 is 1.82 bits per heavy atom. The molecule has 0 saturated carbocycles. The molecule has 12 heteroatoms. The third-order valence-electron chi connectivity index (χ3n) is 9.11. The zero-order valence-corrected chi connectivity index (χ0v) is 27.9. The van der Waals surface area contributed by atoms with Crippen molar-refractivity contribution >= 4 is 39.6 Å². The van der Waals surface area contributed by atoms with Gasteiger partial charge in [-0.2, -0.15) is 0 Å². The predicted molar refractivity (Wildman–Crippen MR) is 168 cm³/mol. The first-order chi connectivity index (χ1) is 21.4. The highest BCUT2D eigenvalue weighted by Gasteiger charge is 2.75. The summed E-state index contributed by atoms with van der Waals surface area (Å²) in [7, 11) is 1.50. The highest BCUT2D eigenvalue weighted by atomic mass is 79.9. The van der Waals surface area contributed by atoms with Gasteiger partial charge in [-0.1, -0.05) is 58.4 Å². The number of rotatable bonds is 5. The number of hydrogen-bond acceptors (Lipinski definition) is 8. The van der Waals surface area contributed by atoms with Crippen LogP contribution in [0.1, 0.15) is 52.2 Å². The second-order valence-electron chi connectivity index (χ2n) is 13.1. The number of likely N-dealkylation sites (tertiary alicyclic amines) is 1. The van der Waals surface area contributed by atoms with E-state index < -0.39 is 65.2 Å². The van der Waals surface area contributed by atoms with Gasteiger partial charge in [-0.15, -0.1) is 0 Å². The van der Waals surface area contributed by atoms with Gasteiger partial charge in [0, 0.05) is 30.1 Å². The highest BCUT2D eigenvalue weighted by molar-refractivity contribution is 9.11. The maximum Gasteiger partial charge on any atom is 0.313 e. The molecule has 5 rings (SSSR count). The molecule has 244 valence electrons. The maximum absolute atomic E-state index is 14.6. The zero-order chi connectivity index (χ0) is 32.7. The number of aliphatic hydroxyl groups is 1. The van der Waals surface area contributed by atoms with Gasteiger partial charge in [-0.05, 0) is 45.8 Å². The lowest BCUT2D eigenvalue weighted by Crippen LogP contribution is -2.61. The summed E-state index contributed by atoms with van der Waals surface area (Å²) >= 11 is 3.57. The fourth-order valence-corrected chi connectivity index (χ4v) is 7.75. The molecule has 8 atom stereocenters. The lowest BCUT2D eigenvalue weighted by Gasteiger charge is -2.42. The number of fused-ring (bicyclic) bond motifs is 2. The molecule has 0 aliphatic carbocycles. The Morgan fingerprint density at radius 1 is 1.11 bits per heavy atom. The Kier molecular flexibility index (Phi) is 9.61. The van der Waals surface area contributed by atoms with Crippen LogP contribution in [-0.2, 0) is 33.4 Å². The van der Waals surface area contributed by atoms with E-state index in [1.807, 2.05) is 51.1 Å². The standard InChI is InChI=1S/C33H42BrN3O8/c1-19(17-38)37-28-30(41)36(32(2,3)4)15-11-7-10-14-23(39)35-22(18-43-5)26(20-12-8-6-9-13-20)44-31(42)24-25(29(37)40)33(28)16-21(34)27(24)45-33/h6-9,11-13,16,19,22,24-28,38H,10,14-15,17-18H2,1-5H3,(H,35,39)/b11-7-/t19-,22+,24-,25+,26+,27-,28-,33+/m1/s1. The Morgan fingerprint density at radius 3 is 2.47 bits per heavy atom. The molecular formula is C33H42BrN3O8. The van der Waals surface area contributed by atoms with Crippen LogP contribution in [0.15, 0.2) is 53.0 Å². The molecule has 1 aromatic rings. The lowest BCUT2D eigenvalue weighted by atomic mass is 9.74. The first-order valence-electron chi connectivity index (χ1n) is 15.3. The maximum atomic E-state index is 14.6. The number of nitrogens with one attached hydrogen (secondary N) is 1. The van der Waals surface area contributed by atoms with Crippen molar-refractivity contribution in [2.24, 2.45) is 11.8 Å². The predicted octanol–water partition coefficient (Wildman–Crippen LogP) is 2.63. The van der Waals surface area contributed by atoms with Crippen LogP contribution in [0, 0.1) is 11.8 Å². The molecule has 5 bridgehead atoms. The number of hydrogen-bond donors (Lipinski definition) is 2. The molecular weight excluding hydrogens is 646 g/mol. The molecule has 1 spiro atoms. The van der Waals surface area contributed by atoms with Crippen LogP contribution in [0.3, 0.4) is 0 Å². The summed E-state index contributed by atoms with van der Waals surface area (Å²) in [5, 5.41) is 13.2. The van der Waals surface area contributed by atoms with Gasteiger partial charge >= 0.3 is 5.97 Å². The second kappa shape index (κ2) is 13.0. The van der Waals surface area contributed by atoms with Crippen molar-refractivity contribution in [2.75, 3.05) is 26.9 Å². The van der Waals surface area contributed by atoms with Crippen LogP contribution in [0.4, 0.5) is 0 Å². The summed E-state index contributed by atoms with van der Waals surface area (Å²) in [5.41, 5.74) is -1.48. The van der Waals surface area contributed by atoms with Gasteiger partial charge in [0.25, 0.3) is 0 Å². The van der Waals surface area contributed by atoms with Crippen LogP contribution in [0.25, 0.3) is 0 Å². The highest BCUT2D eigenvalue weighted by Crippen LogP contribution is 2.59. The molecule has 2 saturated heterocycles. The third-order valence-corrected chi connectivity index (χ3v) is 9.79. The third kappa shape index (κ3) is 5.97. The number of esters is 1. The number of cyclic esters (lactones) is 1. The van der Waals surface area contributed by atoms with Crippen molar-refractivity contribution in [1.82, 2.24) is 15.1 Å². The van der Waals surface area contributed by atoms with Gasteiger partial charge in [0.1, 0.15) is 29.8 Å². The van der Waals surface area contributed by atoms with Gasteiger partial charge in [0.15, 0.2) is 0 Å².